The number of hydrogen-bond donors (Lipinski definition) is 1. The first-order valence-corrected chi connectivity index (χ1v) is 6.83. The Labute approximate surface area is 119 Å². The monoisotopic (exact) mass is 296 g/mol. The number of rotatable bonds is 3. The van der Waals surface area contributed by atoms with E-state index in [0.717, 1.165) is 37.1 Å². The Morgan fingerprint density at radius 1 is 1.29 bits per heavy atom. The maximum Gasteiger partial charge on any atom is 0.416 e. The highest BCUT2D eigenvalue weighted by Gasteiger charge is 2.32. The molecule has 0 aliphatic heterocycles. The molecule has 112 valence electrons. The van der Waals surface area contributed by atoms with Gasteiger partial charge in [-0.15, -0.1) is 5.10 Å². The predicted octanol–water partition coefficient (Wildman–Crippen LogP) is 3.01. The Kier molecular flexibility index (Phi) is 3.44. The summed E-state index contributed by atoms with van der Waals surface area (Å²) < 4.78 is 40.0. The van der Waals surface area contributed by atoms with E-state index in [9.17, 15) is 13.2 Å². The summed E-state index contributed by atoms with van der Waals surface area (Å²) in [7, 11) is 0. The smallest absolute Gasteiger partial charge is 0.325 e. The molecule has 7 heteroatoms. The number of alkyl halides is 3. The van der Waals surface area contributed by atoms with Gasteiger partial charge in [0.2, 0.25) is 0 Å². The van der Waals surface area contributed by atoms with Crippen LogP contribution in [0.25, 0.3) is 5.69 Å². The summed E-state index contributed by atoms with van der Waals surface area (Å²) in [6, 6.07) is 5.13. The van der Waals surface area contributed by atoms with Crippen molar-refractivity contribution in [1.29, 1.82) is 0 Å². The fourth-order valence-corrected chi connectivity index (χ4v) is 2.56. The summed E-state index contributed by atoms with van der Waals surface area (Å²) in [6.45, 7) is 0.241. The van der Waals surface area contributed by atoms with E-state index in [-0.39, 0.29) is 12.5 Å². The van der Waals surface area contributed by atoms with Gasteiger partial charge >= 0.3 is 6.18 Å². The summed E-state index contributed by atoms with van der Waals surface area (Å²) in [5.41, 5.74) is 6.86. The van der Waals surface area contributed by atoms with Gasteiger partial charge in [-0.2, -0.15) is 13.2 Å². The van der Waals surface area contributed by atoms with Crippen molar-refractivity contribution in [3.8, 4) is 5.69 Å². The molecule has 21 heavy (non-hydrogen) atoms. The minimum Gasteiger partial charge on any atom is -0.325 e. The first-order chi connectivity index (χ1) is 10.0. The van der Waals surface area contributed by atoms with Crippen LogP contribution in [0.4, 0.5) is 13.2 Å². The molecule has 0 atom stereocenters. The number of halogens is 3. The minimum absolute atomic E-state index is 0.241. The lowest BCUT2D eigenvalue weighted by molar-refractivity contribution is -0.137. The average molecular weight is 296 g/mol. The maximum atomic E-state index is 12.8. The van der Waals surface area contributed by atoms with Crippen LogP contribution in [-0.4, -0.2) is 15.0 Å². The van der Waals surface area contributed by atoms with E-state index in [4.69, 9.17) is 5.73 Å². The largest absolute Gasteiger partial charge is 0.416 e. The molecule has 0 spiro atoms. The number of nitrogens with two attached hydrogens (primary N) is 1. The fraction of sp³-hybridized carbons (Fsp3) is 0.429. The standard InChI is InChI=1S/C14H15F3N4/c15-14(16,17)10-5-2-6-11(7-10)21-13(9-3-1-4-9)12(8-18)19-20-21/h2,5-7,9H,1,3-4,8,18H2. The van der Waals surface area contributed by atoms with Crippen LogP contribution in [0, 0.1) is 0 Å². The number of benzene rings is 1. The normalized spacial score (nSPS) is 16.0. The number of aromatic nitrogens is 3. The Balaban J connectivity index is 2.06. The van der Waals surface area contributed by atoms with Crippen LogP contribution in [0.5, 0.6) is 0 Å². The zero-order chi connectivity index (χ0) is 15.0. The van der Waals surface area contributed by atoms with Gasteiger partial charge < -0.3 is 5.73 Å². The maximum absolute atomic E-state index is 12.8. The molecule has 0 bridgehead atoms. The molecular weight excluding hydrogens is 281 g/mol. The summed E-state index contributed by atoms with van der Waals surface area (Å²) in [5.74, 6) is 0.285. The van der Waals surface area contributed by atoms with Gasteiger partial charge in [-0.1, -0.05) is 17.7 Å². The molecule has 2 aromatic rings. The molecule has 1 aliphatic carbocycles. The first kappa shape index (κ1) is 14.1. The minimum atomic E-state index is -4.37. The lowest BCUT2D eigenvalue weighted by Gasteiger charge is -2.26. The number of hydrogen-bond acceptors (Lipinski definition) is 3. The molecule has 1 fully saturated rings. The van der Waals surface area contributed by atoms with E-state index >= 15 is 0 Å². The SMILES string of the molecule is NCc1nnn(-c2cccc(C(F)(F)F)c2)c1C1CCC1. The average Bonchev–Trinajstić information content (AvgIpc) is 2.79. The van der Waals surface area contributed by atoms with Crippen molar-refractivity contribution in [3.63, 3.8) is 0 Å². The lowest BCUT2D eigenvalue weighted by Crippen LogP contribution is -2.17. The van der Waals surface area contributed by atoms with Gasteiger partial charge in [-0.05, 0) is 31.0 Å². The zero-order valence-corrected chi connectivity index (χ0v) is 11.3. The third kappa shape index (κ3) is 2.53. The van der Waals surface area contributed by atoms with Crippen molar-refractivity contribution in [1.82, 2.24) is 15.0 Å². The molecular formula is C14H15F3N4. The molecule has 0 amide bonds. The van der Waals surface area contributed by atoms with Crippen molar-refractivity contribution in [2.45, 2.75) is 37.9 Å². The number of nitrogens with zero attached hydrogens (tertiary/aromatic N) is 3. The fourth-order valence-electron chi connectivity index (χ4n) is 2.56. The van der Waals surface area contributed by atoms with Crippen molar-refractivity contribution in [3.05, 3.63) is 41.2 Å². The zero-order valence-electron chi connectivity index (χ0n) is 11.3. The molecule has 1 aliphatic rings. The van der Waals surface area contributed by atoms with Crippen molar-refractivity contribution >= 4 is 0 Å². The van der Waals surface area contributed by atoms with Gasteiger partial charge in [0.25, 0.3) is 0 Å². The molecule has 0 saturated heterocycles. The summed E-state index contributed by atoms with van der Waals surface area (Å²) >= 11 is 0. The molecule has 2 N–H and O–H groups in total. The highest BCUT2D eigenvalue weighted by Crippen LogP contribution is 2.38. The molecule has 1 aromatic heterocycles. The Morgan fingerprint density at radius 2 is 2.05 bits per heavy atom. The second-order valence-electron chi connectivity index (χ2n) is 5.21. The predicted molar refractivity (Wildman–Crippen MR) is 70.8 cm³/mol. The van der Waals surface area contributed by atoms with Gasteiger partial charge in [0.05, 0.1) is 16.9 Å². The Morgan fingerprint density at radius 3 is 2.62 bits per heavy atom. The first-order valence-electron chi connectivity index (χ1n) is 6.83. The van der Waals surface area contributed by atoms with Gasteiger partial charge in [0.1, 0.15) is 5.69 Å². The Hall–Kier alpha value is -1.89. The van der Waals surface area contributed by atoms with E-state index < -0.39 is 11.7 Å². The molecule has 1 aromatic carbocycles. The third-order valence-electron chi connectivity index (χ3n) is 3.88. The van der Waals surface area contributed by atoms with Crippen LogP contribution in [0.3, 0.4) is 0 Å². The molecule has 1 saturated carbocycles. The van der Waals surface area contributed by atoms with E-state index in [0.29, 0.717) is 11.4 Å². The van der Waals surface area contributed by atoms with E-state index in [1.807, 2.05) is 0 Å². The lowest BCUT2D eigenvalue weighted by atomic mass is 9.82. The van der Waals surface area contributed by atoms with Crippen molar-refractivity contribution in [2.24, 2.45) is 5.73 Å². The second-order valence-corrected chi connectivity index (χ2v) is 5.21. The van der Waals surface area contributed by atoms with Gasteiger partial charge in [0.15, 0.2) is 0 Å². The van der Waals surface area contributed by atoms with Gasteiger partial charge in [-0.25, -0.2) is 4.68 Å². The van der Waals surface area contributed by atoms with E-state index in [1.165, 1.54) is 10.7 Å². The quantitative estimate of drug-likeness (QED) is 0.947. The molecule has 0 radical (unpaired) electrons. The van der Waals surface area contributed by atoms with Crippen LogP contribution in [0.15, 0.2) is 24.3 Å². The Bertz CT molecular complexity index is 644. The van der Waals surface area contributed by atoms with Crippen LogP contribution in [-0.2, 0) is 12.7 Å². The van der Waals surface area contributed by atoms with Gasteiger partial charge in [-0.3, -0.25) is 0 Å². The van der Waals surface area contributed by atoms with E-state index in [1.54, 1.807) is 6.07 Å². The van der Waals surface area contributed by atoms with Gasteiger partial charge in [0, 0.05) is 12.5 Å². The second kappa shape index (κ2) is 5.14. The summed E-state index contributed by atoms with van der Waals surface area (Å²) in [4.78, 5) is 0. The summed E-state index contributed by atoms with van der Waals surface area (Å²) in [6.07, 6.45) is -1.26. The molecule has 1 heterocycles. The third-order valence-corrected chi connectivity index (χ3v) is 3.88. The van der Waals surface area contributed by atoms with Crippen LogP contribution < -0.4 is 5.73 Å². The van der Waals surface area contributed by atoms with Crippen LogP contribution in [0.2, 0.25) is 0 Å². The molecule has 4 nitrogen and oxygen atoms in total. The highest BCUT2D eigenvalue weighted by molar-refractivity contribution is 5.39. The van der Waals surface area contributed by atoms with Crippen LogP contribution >= 0.6 is 0 Å². The van der Waals surface area contributed by atoms with Crippen molar-refractivity contribution < 1.29 is 13.2 Å². The van der Waals surface area contributed by atoms with Crippen molar-refractivity contribution in [2.75, 3.05) is 0 Å². The van der Waals surface area contributed by atoms with E-state index in [2.05, 4.69) is 10.3 Å². The molecule has 0 unspecified atom stereocenters. The van der Waals surface area contributed by atoms with Crippen LogP contribution in [0.1, 0.15) is 42.1 Å². The molecule has 3 rings (SSSR count). The topological polar surface area (TPSA) is 56.7 Å². The highest BCUT2D eigenvalue weighted by atomic mass is 19.4. The summed E-state index contributed by atoms with van der Waals surface area (Å²) in [5, 5.41) is 8.02.